The Morgan fingerprint density at radius 2 is 1.52 bits per heavy atom. The van der Waals surface area contributed by atoms with E-state index in [0.717, 1.165) is 37.9 Å². The highest BCUT2D eigenvalue weighted by Crippen LogP contribution is 2.49. The predicted octanol–water partition coefficient (Wildman–Crippen LogP) is 4.85. The average Bonchev–Trinajstić information content (AvgIpc) is 3.19. The van der Waals surface area contributed by atoms with Gasteiger partial charge >= 0.3 is 0 Å². The topological polar surface area (TPSA) is 43.7 Å². The van der Waals surface area contributed by atoms with Gasteiger partial charge in [0.2, 0.25) is 0 Å². The third kappa shape index (κ3) is 4.22. The molecule has 29 heavy (non-hydrogen) atoms. The second kappa shape index (κ2) is 7.45. The molecule has 1 heterocycles. The fourth-order valence-corrected chi connectivity index (χ4v) is 5.37. The number of benzene rings is 2. The molecule has 0 bridgehead atoms. The summed E-state index contributed by atoms with van der Waals surface area (Å²) in [5.41, 5.74) is 3.14. The summed E-state index contributed by atoms with van der Waals surface area (Å²) in [6.07, 6.45) is 2.74. The molecule has 3 nitrogen and oxygen atoms in total. The lowest BCUT2D eigenvalue weighted by atomic mass is 9.84. The number of hydrogen-bond acceptors (Lipinski definition) is 3. The van der Waals surface area contributed by atoms with Crippen LogP contribution in [-0.2, 0) is 17.4 Å². The van der Waals surface area contributed by atoms with Gasteiger partial charge in [0, 0.05) is 19.1 Å². The van der Waals surface area contributed by atoms with Crippen LogP contribution in [0.15, 0.2) is 48.5 Å². The van der Waals surface area contributed by atoms with Gasteiger partial charge in [-0.1, -0.05) is 57.2 Å². The van der Waals surface area contributed by atoms with E-state index in [2.05, 4.69) is 56.9 Å². The van der Waals surface area contributed by atoms with Crippen molar-refractivity contribution in [1.29, 1.82) is 0 Å². The monoisotopic (exact) mass is 393 g/mol. The standard InChI is InChI=1S/C26H35NO2/c1-18(13-19-5-11-24(28)12-6-19)27-16-20-14-26(29,15-21(20)17-27)23-9-7-22(8-10-23)25(2,3)4/h5-12,18,20-21,28-29H,13-17H2,1-4H3/t18?,20-,21+,26?. The summed E-state index contributed by atoms with van der Waals surface area (Å²) in [5, 5.41) is 20.9. The van der Waals surface area contributed by atoms with E-state index in [9.17, 15) is 10.2 Å². The van der Waals surface area contributed by atoms with Gasteiger partial charge in [-0.3, -0.25) is 4.90 Å². The van der Waals surface area contributed by atoms with Gasteiger partial charge in [0.1, 0.15) is 5.75 Å². The largest absolute Gasteiger partial charge is 0.508 e. The summed E-state index contributed by atoms with van der Waals surface area (Å²) in [6, 6.07) is 16.7. The maximum Gasteiger partial charge on any atom is 0.115 e. The van der Waals surface area contributed by atoms with Crippen LogP contribution in [0.4, 0.5) is 0 Å². The summed E-state index contributed by atoms with van der Waals surface area (Å²) >= 11 is 0. The molecule has 2 N–H and O–H groups in total. The van der Waals surface area contributed by atoms with Gasteiger partial charge in [-0.15, -0.1) is 0 Å². The second-order valence-corrected chi connectivity index (χ2v) is 10.5. The molecule has 2 aliphatic rings. The molecular formula is C26H35NO2. The lowest BCUT2D eigenvalue weighted by Crippen LogP contribution is -2.35. The van der Waals surface area contributed by atoms with Crippen LogP contribution in [0.1, 0.15) is 57.2 Å². The van der Waals surface area contributed by atoms with Crippen molar-refractivity contribution in [2.75, 3.05) is 13.1 Å². The number of hydrogen-bond donors (Lipinski definition) is 2. The van der Waals surface area contributed by atoms with Crippen LogP contribution in [0.2, 0.25) is 0 Å². The highest BCUT2D eigenvalue weighted by Gasteiger charge is 2.49. The summed E-state index contributed by atoms with van der Waals surface area (Å²) in [6.45, 7) is 11.1. The van der Waals surface area contributed by atoms with Crippen molar-refractivity contribution in [3.63, 3.8) is 0 Å². The SMILES string of the molecule is CC(Cc1ccc(O)cc1)N1C[C@@H]2CC(O)(c3ccc(C(C)(C)C)cc3)C[C@@H]2C1. The van der Waals surface area contributed by atoms with Crippen molar-refractivity contribution in [3.8, 4) is 5.75 Å². The molecule has 1 saturated heterocycles. The molecule has 0 spiro atoms. The van der Waals surface area contributed by atoms with Crippen LogP contribution in [0, 0.1) is 11.8 Å². The molecule has 2 aromatic carbocycles. The van der Waals surface area contributed by atoms with Crippen molar-refractivity contribution < 1.29 is 10.2 Å². The number of rotatable bonds is 4. The van der Waals surface area contributed by atoms with Crippen LogP contribution in [-0.4, -0.2) is 34.2 Å². The molecule has 2 fully saturated rings. The minimum Gasteiger partial charge on any atom is -0.508 e. The van der Waals surface area contributed by atoms with Gasteiger partial charge in [0.25, 0.3) is 0 Å². The number of phenolic OH excluding ortho intramolecular Hbond substituents is 1. The van der Waals surface area contributed by atoms with Crippen LogP contribution >= 0.6 is 0 Å². The Hall–Kier alpha value is -1.84. The lowest BCUT2D eigenvalue weighted by molar-refractivity contribution is 0.0297. The van der Waals surface area contributed by atoms with Crippen molar-refractivity contribution in [3.05, 3.63) is 65.2 Å². The zero-order valence-electron chi connectivity index (χ0n) is 18.2. The van der Waals surface area contributed by atoms with E-state index in [-0.39, 0.29) is 5.41 Å². The molecule has 0 aromatic heterocycles. The molecule has 1 aliphatic carbocycles. The van der Waals surface area contributed by atoms with Crippen molar-refractivity contribution in [2.24, 2.45) is 11.8 Å². The number of phenols is 1. The average molecular weight is 394 g/mol. The van der Waals surface area contributed by atoms with Crippen LogP contribution in [0.3, 0.4) is 0 Å². The smallest absolute Gasteiger partial charge is 0.115 e. The number of fused-ring (bicyclic) bond motifs is 1. The minimum atomic E-state index is -0.669. The van der Waals surface area contributed by atoms with E-state index in [4.69, 9.17) is 0 Å². The third-order valence-corrected chi connectivity index (χ3v) is 7.18. The highest BCUT2D eigenvalue weighted by atomic mass is 16.3. The zero-order chi connectivity index (χ0) is 20.8. The Kier molecular flexibility index (Phi) is 5.25. The van der Waals surface area contributed by atoms with Crippen LogP contribution < -0.4 is 0 Å². The highest BCUT2D eigenvalue weighted by molar-refractivity contribution is 5.32. The van der Waals surface area contributed by atoms with Crippen LogP contribution in [0.5, 0.6) is 5.75 Å². The number of aliphatic hydroxyl groups is 1. The first kappa shape index (κ1) is 20.4. The molecule has 2 aromatic rings. The summed E-state index contributed by atoms with van der Waals surface area (Å²) in [4.78, 5) is 2.59. The number of nitrogens with zero attached hydrogens (tertiary/aromatic N) is 1. The molecule has 4 rings (SSSR count). The molecule has 1 aliphatic heterocycles. The molecule has 1 saturated carbocycles. The van der Waals surface area contributed by atoms with Gasteiger partial charge in [0.15, 0.2) is 0 Å². The molecular weight excluding hydrogens is 358 g/mol. The fourth-order valence-electron chi connectivity index (χ4n) is 5.37. The molecule has 3 heteroatoms. The van der Waals surface area contributed by atoms with Crippen LogP contribution in [0.25, 0.3) is 0 Å². The summed E-state index contributed by atoms with van der Waals surface area (Å²) < 4.78 is 0. The second-order valence-electron chi connectivity index (χ2n) is 10.5. The van der Waals surface area contributed by atoms with Gasteiger partial charge in [-0.2, -0.15) is 0 Å². The normalized spacial score (nSPS) is 28.4. The van der Waals surface area contributed by atoms with E-state index in [1.807, 2.05) is 12.1 Å². The van der Waals surface area contributed by atoms with Gasteiger partial charge in [0.05, 0.1) is 5.60 Å². The first-order valence-corrected chi connectivity index (χ1v) is 11.0. The zero-order valence-corrected chi connectivity index (χ0v) is 18.2. The van der Waals surface area contributed by atoms with Crippen molar-refractivity contribution in [2.45, 2.75) is 64.0 Å². The third-order valence-electron chi connectivity index (χ3n) is 7.18. The van der Waals surface area contributed by atoms with E-state index in [1.54, 1.807) is 12.1 Å². The molecule has 0 amide bonds. The number of likely N-dealkylation sites (tertiary alicyclic amines) is 1. The van der Waals surface area contributed by atoms with E-state index >= 15 is 0 Å². The van der Waals surface area contributed by atoms with Gasteiger partial charge in [-0.05, 0) is 72.3 Å². The first-order chi connectivity index (χ1) is 13.6. The Bertz CT molecular complexity index is 821. The quantitative estimate of drug-likeness (QED) is 0.780. The fraction of sp³-hybridized carbons (Fsp3) is 0.538. The van der Waals surface area contributed by atoms with Gasteiger partial charge < -0.3 is 10.2 Å². The molecule has 2 unspecified atom stereocenters. The van der Waals surface area contributed by atoms with Crippen molar-refractivity contribution in [1.82, 2.24) is 4.90 Å². The van der Waals surface area contributed by atoms with E-state index in [1.165, 1.54) is 11.1 Å². The molecule has 4 atom stereocenters. The van der Waals surface area contributed by atoms with E-state index in [0.29, 0.717) is 23.6 Å². The Morgan fingerprint density at radius 3 is 2.03 bits per heavy atom. The summed E-state index contributed by atoms with van der Waals surface area (Å²) in [5.74, 6) is 1.47. The molecule has 156 valence electrons. The maximum atomic E-state index is 11.4. The predicted molar refractivity (Wildman–Crippen MR) is 118 cm³/mol. The Morgan fingerprint density at radius 1 is 0.966 bits per heavy atom. The summed E-state index contributed by atoms with van der Waals surface area (Å²) in [7, 11) is 0. The van der Waals surface area contributed by atoms with E-state index < -0.39 is 5.60 Å². The Balaban J connectivity index is 1.38. The Labute approximate surface area is 175 Å². The maximum absolute atomic E-state index is 11.4. The van der Waals surface area contributed by atoms with Gasteiger partial charge in [-0.25, -0.2) is 0 Å². The lowest BCUT2D eigenvalue weighted by Gasteiger charge is -2.30. The first-order valence-electron chi connectivity index (χ1n) is 11.0. The molecule has 0 radical (unpaired) electrons. The minimum absolute atomic E-state index is 0.140. The van der Waals surface area contributed by atoms with Crippen molar-refractivity contribution >= 4 is 0 Å². The number of aromatic hydroxyl groups is 1.